The number of benzene rings is 3. The van der Waals surface area contributed by atoms with Gasteiger partial charge in [-0.25, -0.2) is 0 Å². The number of nitro benzene ring substituents is 1. The summed E-state index contributed by atoms with van der Waals surface area (Å²) in [6.45, 7) is 0.279. The van der Waals surface area contributed by atoms with Crippen LogP contribution in [0.5, 0.6) is 34.5 Å². The summed E-state index contributed by atoms with van der Waals surface area (Å²) in [5.41, 5.74) is 1.53. The fraction of sp³-hybridized carbons (Fsp3) is 0.160. The molecule has 34 heavy (non-hydrogen) atoms. The molecule has 174 valence electrons. The second kappa shape index (κ2) is 9.95. The molecule has 0 aliphatic heterocycles. The molecule has 0 bridgehead atoms. The van der Waals surface area contributed by atoms with Gasteiger partial charge in [0.25, 0.3) is 5.69 Å². The minimum Gasteiger partial charge on any atom is -0.493 e. The molecular formula is C25H22N2O7. The molecule has 0 radical (unpaired) electrons. The van der Waals surface area contributed by atoms with Gasteiger partial charge in [-0.3, -0.25) is 15.1 Å². The summed E-state index contributed by atoms with van der Waals surface area (Å²) in [6, 6.07) is 16.8. The number of ether oxygens (including phenoxy) is 5. The highest BCUT2D eigenvalue weighted by molar-refractivity contribution is 5.86. The van der Waals surface area contributed by atoms with E-state index < -0.39 is 4.92 Å². The Hall–Kier alpha value is -4.53. The van der Waals surface area contributed by atoms with E-state index in [0.29, 0.717) is 40.0 Å². The number of nitrogens with zero attached hydrogens (tertiary/aromatic N) is 2. The molecule has 0 spiro atoms. The van der Waals surface area contributed by atoms with E-state index in [1.807, 2.05) is 30.3 Å². The maximum Gasteiger partial charge on any atom is 0.269 e. The van der Waals surface area contributed by atoms with E-state index >= 15 is 0 Å². The first-order chi connectivity index (χ1) is 16.5. The summed E-state index contributed by atoms with van der Waals surface area (Å²) < 4.78 is 28.0. The second-order valence-electron chi connectivity index (χ2n) is 7.16. The van der Waals surface area contributed by atoms with Gasteiger partial charge in [0.1, 0.15) is 23.9 Å². The first-order valence-electron chi connectivity index (χ1n) is 10.2. The van der Waals surface area contributed by atoms with Gasteiger partial charge < -0.3 is 23.7 Å². The van der Waals surface area contributed by atoms with Gasteiger partial charge in [0.2, 0.25) is 5.75 Å². The molecule has 9 heteroatoms. The SMILES string of the molecule is COc1cc(COc2ccc3c(Oc4ccc([N+](=O)[O-])cc4)ccnc3c2)cc(OC)c1OC. The zero-order chi connectivity index (χ0) is 24.1. The van der Waals surface area contributed by atoms with Crippen LogP contribution >= 0.6 is 0 Å². The van der Waals surface area contributed by atoms with E-state index in [0.717, 1.165) is 10.9 Å². The highest BCUT2D eigenvalue weighted by Crippen LogP contribution is 2.38. The van der Waals surface area contributed by atoms with Crippen LogP contribution < -0.4 is 23.7 Å². The van der Waals surface area contributed by atoms with E-state index in [4.69, 9.17) is 23.7 Å². The highest BCUT2D eigenvalue weighted by Gasteiger charge is 2.14. The van der Waals surface area contributed by atoms with Crippen molar-refractivity contribution in [1.82, 2.24) is 4.98 Å². The molecule has 0 saturated carbocycles. The van der Waals surface area contributed by atoms with E-state index in [1.54, 1.807) is 45.7 Å². The first kappa shape index (κ1) is 22.7. The smallest absolute Gasteiger partial charge is 0.269 e. The number of hydrogen-bond acceptors (Lipinski definition) is 8. The Morgan fingerprint density at radius 3 is 2.12 bits per heavy atom. The third-order valence-corrected chi connectivity index (χ3v) is 5.08. The first-order valence-corrected chi connectivity index (χ1v) is 10.2. The van der Waals surface area contributed by atoms with Gasteiger partial charge in [-0.2, -0.15) is 0 Å². The third-order valence-electron chi connectivity index (χ3n) is 5.08. The second-order valence-corrected chi connectivity index (χ2v) is 7.16. The van der Waals surface area contributed by atoms with Crippen molar-refractivity contribution in [3.8, 4) is 34.5 Å². The fourth-order valence-corrected chi connectivity index (χ4v) is 3.43. The number of methoxy groups -OCH3 is 3. The Morgan fingerprint density at radius 2 is 1.50 bits per heavy atom. The zero-order valence-electron chi connectivity index (χ0n) is 18.8. The molecule has 0 aliphatic rings. The van der Waals surface area contributed by atoms with Gasteiger partial charge in [0, 0.05) is 29.8 Å². The standard InChI is InChI=1S/C25H22N2O7/c1-30-23-12-16(13-24(31-2)25(23)32-3)15-33-19-8-9-20-21(14-19)26-11-10-22(20)34-18-6-4-17(5-7-18)27(28)29/h4-14H,15H2,1-3H3. The van der Waals surface area contributed by atoms with Crippen molar-refractivity contribution >= 4 is 16.6 Å². The van der Waals surface area contributed by atoms with Crippen LogP contribution in [0.3, 0.4) is 0 Å². The number of nitro groups is 1. The molecule has 1 heterocycles. The van der Waals surface area contributed by atoms with Crippen LogP contribution in [0.15, 0.2) is 66.9 Å². The summed E-state index contributed by atoms with van der Waals surface area (Å²) in [5.74, 6) is 3.31. The van der Waals surface area contributed by atoms with E-state index in [-0.39, 0.29) is 12.3 Å². The molecule has 0 saturated heterocycles. The number of rotatable bonds is 9. The van der Waals surface area contributed by atoms with Gasteiger partial charge >= 0.3 is 0 Å². The van der Waals surface area contributed by atoms with Crippen molar-refractivity contribution in [2.75, 3.05) is 21.3 Å². The lowest BCUT2D eigenvalue weighted by Crippen LogP contribution is -2.00. The minimum absolute atomic E-state index is 0.000766. The molecular weight excluding hydrogens is 440 g/mol. The molecule has 3 aromatic carbocycles. The van der Waals surface area contributed by atoms with Gasteiger partial charge in [0.15, 0.2) is 11.5 Å². The van der Waals surface area contributed by atoms with Crippen molar-refractivity contribution in [2.45, 2.75) is 6.61 Å². The quantitative estimate of drug-likeness (QED) is 0.236. The number of aromatic nitrogens is 1. The van der Waals surface area contributed by atoms with Gasteiger partial charge in [-0.1, -0.05) is 0 Å². The van der Waals surface area contributed by atoms with E-state index in [1.165, 1.54) is 12.1 Å². The van der Waals surface area contributed by atoms with Crippen LogP contribution in [-0.4, -0.2) is 31.2 Å². The van der Waals surface area contributed by atoms with Gasteiger partial charge in [-0.05, 0) is 48.0 Å². The maximum atomic E-state index is 10.8. The molecule has 1 aromatic heterocycles. The van der Waals surface area contributed by atoms with E-state index in [2.05, 4.69) is 4.98 Å². The molecule has 4 aromatic rings. The van der Waals surface area contributed by atoms with E-state index in [9.17, 15) is 10.1 Å². The van der Waals surface area contributed by atoms with Crippen LogP contribution in [-0.2, 0) is 6.61 Å². The molecule has 4 rings (SSSR count). The van der Waals surface area contributed by atoms with Crippen molar-refractivity contribution in [2.24, 2.45) is 0 Å². The normalized spacial score (nSPS) is 10.6. The van der Waals surface area contributed by atoms with Crippen LogP contribution in [0.25, 0.3) is 10.9 Å². The van der Waals surface area contributed by atoms with Crippen LogP contribution in [0.2, 0.25) is 0 Å². The highest BCUT2D eigenvalue weighted by atomic mass is 16.6. The molecule has 0 N–H and O–H groups in total. The Labute approximate surface area is 195 Å². The molecule has 0 unspecified atom stereocenters. The lowest BCUT2D eigenvalue weighted by molar-refractivity contribution is -0.384. The van der Waals surface area contributed by atoms with Gasteiger partial charge in [-0.15, -0.1) is 0 Å². The van der Waals surface area contributed by atoms with Crippen molar-refractivity contribution in [3.05, 3.63) is 82.5 Å². The number of pyridine rings is 1. The largest absolute Gasteiger partial charge is 0.493 e. The Morgan fingerprint density at radius 1 is 0.824 bits per heavy atom. The Kier molecular flexibility index (Phi) is 6.63. The summed E-state index contributed by atoms with van der Waals surface area (Å²) in [6.07, 6.45) is 1.63. The molecule has 0 aliphatic carbocycles. The summed E-state index contributed by atoms with van der Waals surface area (Å²) in [4.78, 5) is 14.8. The average Bonchev–Trinajstić information content (AvgIpc) is 2.87. The van der Waals surface area contributed by atoms with Crippen molar-refractivity contribution < 1.29 is 28.6 Å². The van der Waals surface area contributed by atoms with Crippen LogP contribution in [0, 0.1) is 10.1 Å². The summed E-state index contributed by atoms with van der Waals surface area (Å²) in [7, 11) is 4.68. The summed E-state index contributed by atoms with van der Waals surface area (Å²) >= 11 is 0. The lowest BCUT2D eigenvalue weighted by atomic mass is 10.2. The van der Waals surface area contributed by atoms with Crippen molar-refractivity contribution in [3.63, 3.8) is 0 Å². The third kappa shape index (κ3) is 4.78. The summed E-state index contributed by atoms with van der Waals surface area (Å²) in [5, 5.41) is 11.6. The van der Waals surface area contributed by atoms with Crippen LogP contribution in [0.1, 0.15) is 5.56 Å². The maximum absolute atomic E-state index is 10.8. The topological polar surface area (TPSA) is 102 Å². The predicted molar refractivity (Wildman–Crippen MR) is 125 cm³/mol. The molecule has 0 amide bonds. The fourth-order valence-electron chi connectivity index (χ4n) is 3.43. The van der Waals surface area contributed by atoms with Gasteiger partial charge in [0.05, 0.1) is 31.8 Å². The molecule has 0 atom stereocenters. The zero-order valence-corrected chi connectivity index (χ0v) is 18.8. The molecule has 9 nitrogen and oxygen atoms in total. The Balaban J connectivity index is 1.53. The predicted octanol–water partition coefficient (Wildman–Crippen LogP) is 5.54. The Bertz CT molecular complexity index is 1300. The lowest BCUT2D eigenvalue weighted by Gasteiger charge is -2.15. The van der Waals surface area contributed by atoms with Crippen molar-refractivity contribution in [1.29, 1.82) is 0 Å². The monoisotopic (exact) mass is 462 g/mol. The van der Waals surface area contributed by atoms with Crippen LogP contribution in [0.4, 0.5) is 5.69 Å². The molecule has 0 fully saturated rings. The average molecular weight is 462 g/mol. The number of non-ortho nitro benzene ring substituents is 1. The number of fused-ring (bicyclic) bond motifs is 1. The minimum atomic E-state index is -0.453. The number of hydrogen-bond donors (Lipinski definition) is 0.